The number of hydrogen-bond acceptors (Lipinski definition) is 4. The van der Waals surface area contributed by atoms with Gasteiger partial charge in [-0.25, -0.2) is 10.8 Å². The van der Waals surface area contributed by atoms with E-state index >= 15 is 0 Å². The summed E-state index contributed by atoms with van der Waals surface area (Å²) in [5.41, 5.74) is 5.16. The highest BCUT2D eigenvalue weighted by Crippen LogP contribution is 2.28. The van der Waals surface area contributed by atoms with Gasteiger partial charge in [0, 0.05) is 5.56 Å². The Hall–Kier alpha value is -1.72. The molecule has 0 fully saturated rings. The van der Waals surface area contributed by atoms with Crippen molar-refractivity contribution in [3.63, 3.8) is 0 Å². The Labute approximate surface area is 110 Å². The molecule has 1 aromatic carbocycles. The van der Waals surface area contributed by atoms with Gasteiger partial charge in [-0.05, 0) is 19.4 Å². The lowest BCUT2D eigenvalue weighted by Gasteiger charge is -1.97. The molecule has 0 atom stereocenters. The first-order valence-corrected chi connectivity index (χ1v) is 6.55. The number of carbonyl (C=O) groups excluding carboxylic acids is 1. The average Bonchev–Trinajstić information content (AvgIpc) is 2.82. The molecule has 0 saturated heterocycles. The van der Waals surface area contributed by atoms with Crippen LogP contribution in [0.1, 0.15) is 27.9 Å². The van der Waals surface area contributed by atoms with Crippen molar-refractivity contribution < 1.29 is 4.79 Å². The van der Waals surface area contributed by atoms with Crippen LogP contribution in [-0.4, -0.2) is 10.9 Å². The van der Waals surface area contributed by atoms with Crippen LogP contribution >= 0.6 is 11.3 Å². The van der Waals surface area contributed by atoms with Gasteiger partial charge in [-0.2, -0.15) is 0 Å². The van der Waals surface area contributed by atoms with E-state index < -0.39 is 0 Å². The molecule has 0 radical (unpaired) electrons. The molecule has 2 aromatic rings. The van der Waals surface area contributed by atoms with Crippen molar-refractivity contribution in [3.8, 4) is 10.6 Å². The zero-order valence-corrected chi connectivity index (χ0v) is 11.2. The van der Waals surface area contributed by atoms with E-state index in [1.165, 1.54) is 16.9 Å². The number of aryl methyl sites for hydroxylation is 2. The zero-order chi connectivity index (χ0) is 13.1. The summed E-state index contributed by atoms with van der Waals surface area (Å²) in [4.78, 5) is 16.7. The fraction of sp³-hybridized carbons (Fsp3) is 0.231. The van der Waals surface area contributed by atoms with Gasteiger partial charge in [0.25, 0.3) is 5.91 Å². The lowest BCUT2D eigenvalue weighted by atomic mass is 10.1. The lowest BCUT2D eigenvalue weighted by Crippen LogP contribution is -2.29. The molecule has 0 unspecified atom stereocenters. The molecular formula is C13H15N3OS. The molecule has 2 rings (SSSR count). The third kappa shape index (κ3) is 2.42. The molecule has 94 valence electrons. The van der Waals surface area contributed by atoms with Gasteiger partial charge in [0.15, 0.2) is 0 Å². The maximum atomic E-state index is 11.6. The quantitative estimate of drug-likeness (QED) is 0.506. The molecule has 18 heavy (non-hydrogen) atoms. The number of thiazole rings is 1. The Kier molecular flexibility index (Phi) is 3.74. The van der Waals surface area contributed by atoms with Gasteiger partial charge in [0.05, 0.1) is 5.69 Å². The van der Waals surface area contributed by atoms with Crippen molar-refractivity contribution in [2.75, 3.05) is 0 Å². The van der Waals surface area contributed by atoms with Gasteiger partial charge in [0.1, 0.15) is 9.88 Å². The lowest BCUT2D eigenvalue weighted by molar-refractivity contribution is 0.0956. The van der Waals surface area contributed by atoms with Crippen molar-refractivity contribution in [1.82, 2.24) is 10.4 Å². The van der Waals surface area contributed by atoms with Crippen molar-refractivity contribution in [2.45, 2.75) is 20.3 Å². The van der Waals surface area contributed by atoms with E-state index in [9.17, 15) is 4.79 Å². The molecule has 1 amide bonds. The van der Waals surface area contributed by atoms with Crippen LogP contribution in [0.15, 0.2) is 24.3 Å². The van der Waals surface area contributed by atoms with Crippen LogP contribution in [0.3, 0.4) is 0 Å². The second kappa shape index (κ2) is 5.29. The first-order valence-electron chi connectivity index (χ1n) is 5.73. The molecule has 0 bridgehead atoms. The minimum Gasteiger partial charge on any atom is -0.289 e. The number of hydrogen-bond donors (Lipinski definition) is 2. The second-order valence-corrected chi connectivity index (χ2v) is 4.99. The highest BCUT2D eigenvalue weighted by atomic mass is 32.1. The molecule has 0 aliphatic rings. The van der Waals surface area contributed by atoms with Gasteiger partial charge < -0.3 is 0 Å². The van der Waals surface area contributed by atoms with Crippen molar-refractivity contribution in [3.05, 3.63) is 40.4 Å². The largest absolute Gasteiger partial charge is 0.289 e. The summed E-state index contributed by atoms with van der Waals surface area (Å²) >= 11 is 1.38. The van der Waals surface area contributed by atoms with E-state index in [1.807, 2.05) is 32.0 Å². The SMILES string of the molecule is CCc1nc(-c2cccc(C)c2)sc1C(=O)NN. The monoisotopic (exact) mass is 261 g/mol. The third-order valence-corrected chi connectivity index (χ3v) is 3.78. The van der Waals surface area contributed by atoms with E-state index in [2.05, 4.69) is 16.5 Å². The minimum atomic E-state index is -0.275. The van der Waals surface area contributed by atoms with E-state index in [-0.39, 0.29) is 5.91 Å². The van der Waals surface area contributed by atoms with Crippen molar-refractivity contribution >= 4 is 17.2 Å². The van der Waals surface area contributed by atoms with Crippen molar-refractivity contribution in [1.29, 1.82) is 0 Å². The number of nitrogen functional groups attached to an aromatic ring is 1. The van der Waals surface area contributed by atoms with Gasteiger partial charge in [0.2, 0.25) is 0 Å². The first-order chi connectivity index (χ1) is 8.65. The van der Waals surface area contributed by atoms with Crippen molar-refractivity contribution in [2.24, 2.45) is 5.84 Å². The van der Waals surface area contributed by atoms with Gasteiger partial charge in [-0.3, -0.25) is 10.2 Å². The van der Waals surface area contributed by atoms with E-state index in [0.29, 0.717) is 11.3 Å². The molecule has 0 saturated carbocycles. The normalized spacial score (nSPS) is 10.4. The molecule has 0 spiro atoms. The standard InChI is InChI=1S/C13H15N3OS/c1-3-10-11(12(17)16-14)18-13(15-10)9-6-4-5-8(2)7-9/h4-7H,3,14H2,1-2H3,(H,16,17). The summed E-state index contributed by atoms with van der Waals surface area (Å²) in [6.07, 6.45) is 0.713. The summed E-state index contributed by atoms with van der Waals surface area (Å²) < 4.78 is 0. The average molecular weight is 261 g/mol. The van der Waals surface area contributed by atoms with E-state index in [0.717, 1.165) is 16.3 Å². The molecule has 0 aliphatic heterocycles. The molecule has 0 aliphatic carbocycles. The smallest absolute Gasteiger partial charge is 0.277 e. The maximum absolute atomic E-state index is 11.6. The van der Waals surface area contributed by atoms with Crippen LogP contribution in [0.5, 0.6) is 0 Å². The number of rotatable bonds is 3. The Bertz CT molecular complexity index is 577. The topological polar surface area (TPSA) is 68.0 Å². The number of benzene rings is 1. The Balaban J connectivity index is 2.47. The van der Waals surface area contributed by atoms with Gasteiger partial charge >= 0.3 is 0 Å². The Morgan fingerprint density at radius 2 is 2.28 bits per heavy atom. The number of hydrazine groups is 1. The number of nitrogens with two attached hydrogens (primary N) is 1. The van der Waals surface area contributed by atoms with Crippen LogP contribution in [-0.2, 0) is 6.42 Å². The summed E-state index contributed by atoms with van der Waals surface area (Å²) in [5, 5.41) is 0.856. The van der Waals surface area contributed by atoms with Crippen LogP contribution < -0.4 is 11.3 Å². The summed E-state index contributed by atoms with van der Waals surface area (Å²) in [7, 11) is 0. The van der Waals surface area contributed by atoms with Gasteiger partial charge in [-0.15, -0.1) is 11.3 Å². The molecule has 1 aromatic heterocycles. The molecular weight excluding hydrogens is 246 g/mol. The third-order valence-electron chi connectivity index (χ3n) is 2.63. The summed E-state index contributed by atoms with van der Waals surface area (Å²) in [5.74, 6) is 4.90. The Morgan fingerprint density at radius 1 is 1.50 bits per heavy atom. The minimum absolute atomic E-state index is 0.275. The van der Waals surface area contributed by atoms with E-state index in [1.54, 1.807) is 0 Å². The molecule has 5 heteroatoms. The molecule has 1 heterocycles. The number of aromatic nitrogens is 1. The number of nitrogens with zero attached hydrogens (tertiary/aromatic N) is 1. The summed E-state index contributed by atoms with van der Waals surface area (Å²) in [6, 6.07) is 8.07. The fourth-order valence-electron chi connectivity index (χ4n) is 1.74. The molecule has 4 nitrogen and oxygen atoms in total. The van der Waals surface area contributed by atoms with Crippen LogP contribution in [0.4, 0.5) is 0 Å². The fourth-order valence-corrected chi connectivity index (χ4v) is 2.79. The number of carbonyl (C=O) groups is 1. The molecule has 3 N–H and O–H groups in total. The predicted octanol–water partition coefficient (Wildman–Crippen LogP) is 2.28. The van der Waals surface area contributed by atoms with Crippen LogP contribution in [0, 0.1) is 6.92 Å². The highest BCUT2D eigenvalue weighted by molar-refractivity contribution is 7.17. The first kappa shape index (κ1) is 12.7. The summed E-state index contributed by atoms with van der Waals surface area (Å²) in [6.45, 7) is 4.01. The number of nitrogens with one attached hydrogen (secondary N) is 1. The van der Waals surface area contributed by atoms with Crippen LogP contribution in [0.25, 0.3) is 10.6 Å². The maximum Gasteiger partial charge on any atom is 0.277 e. The van der Waals surface area contributed by atoms with Crippen LogP contribution in [0.2, 0.25) is 0 Å². The highest BCUT2D eigenvalue weighted by Gasteiger charge is 2.16. The van der Waals surface area contributed by atoms with E-state index in [4.69, 9.17) is 5.84 Å². The predicted molar refractivity (Wildman–Crippen MR) is 73.3 cm³/mol. The second-order valence-electron chi connectivity index (χ2n) is 3.99. The Morgan fingerprint density at radius 3 is 2.89 bits per heavy atom. The zero-order valence-electron chi connectivity index (χ0n) is 10.4. The number of amides is 1. The van der Waals surface area contributed by atoms with Gasteiger partial charge in [-0.1, -0.05) is 30.7 Å².